The molecule has 168 valence electrons. The summed E-state index contributed by atoms with van der Waals surface area (Å²) < 4.78 is 42.6. The van der Waals surface area contributed by atoms with E-state index in [2.05, 4.69) is 4.42 Å². The molecule has 1 aromatic rings. The number of halogens is 3. The second-order valence-corrected chi connectivity index (χ2v) is 8.24. The van der Waals surface area contributed by atoms with Crippen LogP contribution < -0.4 is 0 Å². The Morgan fingerprint density at radius 3 is 2.57 bits per heavy atom. The Morgan fingerprint density at radius 1 is 1.30 bits per heavy atom. The van der Waals surface area contributed by atoms with E-state index in [0.29, 0.717) is 19.4 Å². The number of likely N-dealkylation sites (tertiary alicyclic amines) is 1. The van der Waals surface area contributed by atoms with Gasteiger partial charge >= 0.3 is 12.1 Å². The number of aliphatic hydroxyl groups is 1. The van der Waals surface area contributed by atoms with E-state index in [9.17, 15) is 27.9 Å². The van der Waals surface area contributed by atoms with Crippen LogP contribution in [0.25, 0.3) is 0 Å². The van der Waals surface area contributed by atoms with Gasteiger partial charge < -0.3 is 19.5 Å². The Balaban J connectivity index is 1.96. The van der Waals surface area contributed by atoms with Gasteiger partial charge in [-0.2, -0.15) is 13.2 Å². The van der Waals surface area contributed by atoms with Crippen molar-refractivity contribution < 1.29 is 37.4 Å². The highest BCUT2D eigenvalue weighted by atomic mass is 19.4. The van der Waals surface area contributed by atoms with Crippen molar-refractivity contribution in [3.63, 3.8) is 0 Å². The molecule has 1 aliphatic heterocycles. The molecule has 1 saturated heterocycles. The number of alkyl halides is 3. The zero-order valence-electron chi connectivity index (χ0n) is 17.1. The number of unbranched alkanes of at least 4 members (excludes halogenated alkanes) is 3. The van der Waals surface area contributed by atoms with Crippen molar-refractivity contribution in [3.8, 4) is 0 Å². The number of furan rings is 1. The number of aliphatic carboxylic acids is 1. The summed E-state index contributed by atoms with van der Waals surface area (Å²) >= 11 is 0. The predicted molar refractivity (Wildman–Crippen MR) is 102 cm³/mol. The predicted octanol–water partition coefficient (Wildman–Crippen LogP) is 4.55. The summed E-state index contributed by atoms with van der Waals surface area (Å²) in [7, 11) is 0. The second kappa shape index (κ2) is 9.68. The van der Waals surface area contributed by atoms with Crippen molar-refractivity contribution in [2.75, 3.05) is 6.54 Å². The van der Waals surface area contributed by atoms with Crippen LogP contribution in [0.5, 0.6) is 0 Å². The Hall–Kier alpha value is -2.29. The average Bonchev–Trinajstić information content (AvgIpc) is 3.21. The number of nitrogens with zero attached hydrogens (tertiary/aromatic N) is 1. The second-order valence-electron chi connectivity index (χ2n) is 8.24. The van der Waals surface area contributed by atoms with Crippen LogP contribution in [0.15, 0.2) is 28.7 Å². The highest BCUT2D eigenvalue weighted by Crippen LogP contribution is 2.37. The first kappa shape index (κ1) is 24.0. The quantitative estimate of drug-likeness (QED) is 0.419. The molecule has 2 heterocycles. The molecule has 1 aliphatic rings. The molecular formula is C21H28F3NO5. The van der Waals surface area contributed by atoms with Crippen LogP contribution in [-0.2, 0) is 15.8 Å². The highest BCUT2D eigenvalue weighted by Gasteiger charge is 2.43. The number of carboxylic acids is 1. The van der Waals surface area contributed by atoms with Gasteiger partial charge in [0.05, 0.1) is 6.04 Å². The van der Waals surface area contributed by atoms with E-state index in [4.69, 9.17) is 5.11 Å². The number of aliphatic hydroxyl groups excluding tert-OH is 1. The van der Waals surface area contributed by atoms with Gasteiger partial charge in [0.15, 0.2) is 0 Å². The standard InChI is InChI=1S/C21H28F3NO5/c1-20(2)13-14(25(19(20)29)12-6-4-3-5-7-18(27)28)8-9-15(26)16-10-11-17(30-16)21(22,23)24/h8-11,14-15,26H,3-7,12-13H2,1-2H3,(H,27,28)/b9-8+/t14-,15?/m0/s1. The molecule has 2 rings (SSSR count). The minimum Gasteiger partial charge on any atom is -0.481 e. The highest BCUT2D eigenvalue weighted by molar-refractivity contribution is 5.85. The monoisotopic (exact) mass is 431 g/mol. The minimum atomic E-state index is -4.62. The van der Waals surface area contributed by atoms with E-state index >= 15 is 0 Å². The first-order valence-electron chi connectivity index (χ1n) is 9.98. The molecule has 0 aromatic carbocycles. The fourth-order valence-electron chi connectivity index (χ4n) is 3.60. The molecule has 2 atom stereocenters. The normalized spacial score (nSPS) is 20.3. The molecule has 0 saturated carbocycles. The Labute approximate surface area is 173 Å². The molecule has 1 amide bonds. The molecule has 6 nitrogen and oxygen atoms in total. The summed E-state index contributed by atoms with van der Waals surface area (Å²) in [4.78, 5) is 24.9. The molecule has 0 aliphatic carbocycles. The molecule has 9 heteroatoms. The first-order valence-corrected chi connectivity index (χ1v) is 9.98. The van der Waals surface area contributed by atoms with Crippen molar-refractivity contribution in [3.05, 3.63) is 35.8 Å². The zero-order valence-corrected chi connectivity index (χ0v) is 17.1. The maximum absolute atomic E-state index is 12.7. The van der Waals surface area contributed by atoms with Crippen LogP contribution in [0.4, 0.5) is 13.2 Å². The lowest BCUT2D eigenvalue weighted by Crippen LogP contribution is -2.35. The number of carbonyl (C=O) groups excluding carboxylic acids is 1. The number of carbonyl (C=O) groups is 2. The molecule has 2 N–H and O–H groups in total. The number of hydrogen-bond acceptors (Lipinski definition) is 4. The molecule has 0 spiro atoms. The first-order chi connectivity index (χ1) is 13.9. The Kier molecular flexibility index (Phi) is 7.74. The Bertz CT molecular complexity index is 769. The molecular weight excluding hydrogens is 403 g/mol. The summed E-state index contributed by atoms with van der Waals surface area (Å²) in [5, 5.41) is 18.8. The third-order valence-corrected chi connectivity index (χ3v) is 5.21. The number of rotatable bonds is 10. The van der Waals surface area contributed by atoms with Gasteiger partial charge in [-0.25, -0.2) is 0 Å². The van der Waals surface area contributed by atoms with E-state index in [0.717, 1.165) is 31.4 Å². The third kappa shape index (κ3) is 6.35. The average molecular weight is 431 g/mol. The van der Waals surface area contributed by atoms with Gasteiger partial charge in [-0.1, -0.05) is 38.8 Å². The Morgan fingerprint density at radius 2 is 1.97 bits per heavy atom. The van der Waals surface area contributed by atoms with Crippen molar-refractivity contribution in [1.82, 2.24) is 4.90 Å². The van der Waals surface area contributed by atoms with E-state index in [-0.39, 0.29) is 24.1 Å². The third-order valence-electron chi connectivity index (χ3n) is 5.21. The molecule has 1 fully saturated rings. The lowest BCUT2D eigenvalue weighted by molar-refractivity contribution is -0.153. The summed E-state index contributed by atoms with van der Waals surface area (Å²) in [6.45, 7) is 4.17. The van der Waals surface area contributed by atoms with Gasteiger partial charge in [0.2, 0.25) is 11.7 Å². The van der Waals surface area contributed by atoms with Crippen LogP contribution in [0, 0.1) is 5.41 Å². The summed E-state index contributed by atoms with van der Waals surface area (Å²) in [6, 6.07) is 1.57. The van der Waals surface area contributed by atoms with Crippen molar-refractivity contribution >= 4 is 11.9 Å². The molecule has 0 radical (unpaired) electrons. The van der Waals surface area contributed by atoms with Gasteiger partial charge in [0, 0.05) is 18.4 Å². The maximum atomic E-state index is 12.7. The molecule has 30 heavy (non-hydrogen) atoms. The summed E-state index contributed by atoms with van der Waals surface area (Å²) in [5.74, 6) is -2.23. The molecule has 0 bridgehead atoms. The van der Waals surface area contributed by atoms with Crippen molar-refractivity contribution in [2.45, 2.75) is 70.7 Å². The van der Waals surface area contributed by atoms with Gasteiger partial charge in [-0.05, 0) is 31.4 Å². The number of carboxylic acid groups (broad SMARTS) is 1. The van der Waals surface area contributed by atoms with Crippen molar-refractivity contribution in [2.24, 2.45) is 5.41 Å². The summed E-state index contributed by atoms with van der Waals surface area (Å²) in [6.07, 6.45) is 0.537. The van der Waals surface area contributed by atoms with E-state index in [1.807, 2.05) is 13.8 Å². The molecule has 1 unspecified atom stereocenters. The lowest BCUT2D eigenvalue weighted by Gasteiger charge is -2.23. The van der Waals surface area contributed by atoms with Crippen LogP contribution in [0.3, 0.4) is 0 Å². The summed E-state index contributed by atoms with van der Waals surface area (Å²) in [5.41, 5.74) is -0.572. The van der Waals surface area contributed by atoms with Crippen LogP contribution in [0.1, 0.15) is 70.0 Å². The topological polar surface area (TPSA) is 91.0 Å². The van der Waals surface area contributed by atoms with Crippen LogP contribution in [0.2, 0.25) is 0 Å². The van der Waals surface area contributed by atoms with E-state index in [1.165, 1.54) is 6.08 Å². The van der Waals surface area contributed by atoms with Gasteiger partial charge in [0.25, 0.3) is 0 Å². The fourth-order valence-corrected chi connectivity index (χ4v) is 3.60. The fraction of sp³-hybridized carbons (Fsp3) is 0.619. The van der Waals surface area contributed by atoms with Gasteiger partial charge in [-0.3, -0.25) is 9.59 Å². The number of hydrogen-bond donors (Lipinski definition) is 2. The van der Waals surface area contributed by atoms with Crippen LogP contribution in [-0.4, -0.2) is 39.6 Å². The molecule has 1 aromatic heterocycles. The largest absolute Gasteiger partial charge is 0.481 e. The van der Waals surface area contributed by atoms with E-state index < -0.39 is 29.4 Å². The lowest BCUT2D eigenvalue weighted by atomic mass is 9.90. The number of amides is 1. The smallest absolute Gasteiger partial charge is 0.449 e. The van der Waals surface area contributed by atoms with E-state index in [1.54, 1.807) is 11.0 Å². The van der Waals surface area contributed by atoms with Gasteiger partial charge in [-0.15, -0.1) is 0 Å². The van der Waals surface area contributed by atoms with Gasteiger partial charge in [0.1, 0.15) is 11.9 Å². The van der Waals surface area contributed by atoms with Crippen molar-refractivity contribution in [1.29, 1.82) is 0 Å². The zero-order chi connectivity index (χ0) is 22.5. The van der Waals surface area contributed by atoms with Crippen LogP contribution >= 0.6 is 0 Å². The maximum Gasteiger partial charge on any atom is 0.449 e. The minimum absolute atomic E-state index is 0.0190. The SMILES string of the molecule is CC1(C)C[C@H](/C=C/C(O)c2ccc(C(F)(F)F)o2)N(CCCCCCC(=O)O)C1=O.